The van der Waals surface area contributed by atoms with Gasteiger partial charge in [0.2, 0.25) is 0 Å². The molecule has 0 aliphatic rings. The lowest BCUT2D eigenvalue weighted by Crippen LogP contribution is -1.99. The van der Waals surface area contributed by atoms with Crippen molar-refractivity contribution in [2.45, 2.75) is 6.61 Å². The van der Waals surface area contributed by atoms with E-state index < -0.39 is 0 Å². The molecule has 0 radical (unpaired) electrons. The van der Waals surface area contributed by atoms with Crippen LogP contribution in [-0.2, 0) is 6.61 Å². The highest BCUT2D eigenvalue weighted by Gasteiger charge is 2.00. The van der Waals surface area contributed by atoms with Crippen LogP contribution in [0.3, 0.4) is 0 Å². The van der Waals surface area contributed by atoms with E-state index in [-0.39, 0.29) is 6.61 Å². The lowest BCUT2D eigenvalue weighted by Gasteiger charge is -2.08. The molecular weight excluding hydrogens is 216 g/mol. The standard InChI is InChI=1S/C12H9N4O/c1-2-6-10-9(4-1)5-3-7-11(10)17-8-12-13-15-16-14-12/h1-7H,8H2/q-1. The molecule has 0 bridgehead atoms. The Labute approximate surface area is 97.4 Å². The molecule has 3 aromatic rings. The molecule has 84 valence electrons. The van der Waals surface area contributed by atoms with E-state index >= 15 is 0 Å². The van der Waals surface area contributed by atoms with Crippen molar-refractivity contribution in [1.29, 1.82) is 0 Å². The number of benzene rings is 2. The van der Waals surface area contributed by atoms with Gasteiger partial charge in [0.15, 0.2) is 0 Å². The first kappa shape index (κ1) is 9.77. The average molecular weight is 225 g/mol. The molecule has 0 atom stereocenters. The number of hydrogen-bond donors (Lipinski definition) is 0. The number of rotatable bonds is 3. The summed E-state index contributed by atoms with van der Waals surface area (Å²) >= 11 is 0. The van der Waals surface area contributed by atoms with Crippen LogP contribution in [0.5, 0.6) is 5.75 Å². The SMILES string of the molecule is c1ccc2c(OCc3nnn[n-]3)cccc2c1. The summed E-state index contributed by atoms with van der Waals surface area (Å²) in [6.45, 7) is 0.279. The largest absolute Gasteiger partial charge is 0.488 e. The van der Waals surface area contributed by atoms with Gasteiger partial charge in [0.05, 0.1) is 0 Å². The Morgan fingerprint density at radius 3 is 2.82 bits per heavy atom. The quantitative estimate of drug-likeness (QED) is 0.677. The molecule has 0 aliphatic heterocycles. The van der Waals surface area contributed by atoms with Crippen molar-refractivity contribution in [1.82, 2.24) is 20.6 Å². The fraction of sp³-hybridized carbons (Fsp3) is 0.0833. The average Bonchev–Trinajstić information content (AvgIpc) is 2.89. The number of tetrazole rings is 1. The summed E-state index contributed by atoms with van der Waals surface area (Å²) in [7, 11) is 0. The minimum Gasteiger partial charge on any atom is -0.488 e. The summed E-state index contributed by atoms with van der Waals surface area (Å²) in [5.74, 6) is 1.30. The summed E-state index contributed by atoms with van der Waals surface area (Å²) < 4.78 is 5.66. The Morgan fingerprint density at radius 1 is 1.06 bits per heavy atom. The molecule has 0 saturated heterocycles. The molecule has 0 amide bonds. The molecule has 0 saturated carbocycles. The number of nitrogens with zero attached hydrogens (tertiary/aromatic N) is 4. The highest BCUT2D eigenvalue weighted by molar-refractivity contribution is 5.88. The van der Waals surface area contributed by atoms with Crippen LogP contribution in [0.25, 0.3) is 10.8 Å². The molecule has 3 rings (SSSR count). The van der Waals surface area contributed by atoms with Crippen molar-refractivity contribution in [3.63, 3.8) is 0 Å². The van der Waals surface area contributed by atoms with Crippen LogP contribution in [0, 0.1) is 0 Å². The predicted molar refractivity (Wildman–Crippen MR) is 61.4 cm³/mol. The minimum atomic E-state index is 0.279. The molecule has 5 nitrogen and oxygen atoms in total. The maximum atomic E-state index is 5.66. The Hall–Kier alpha value is -2.43. The van der Waals surface area contributed by atoms with Gasteiger partial charge in [-0.15, -0.1) is 0 Å². The zero-order valence-electron chi connectivity index (χ0n) is 8.95. The number of aromatic nitrogens is 4. The topological polar surface area (TPSA) is 62.0 Å². The second-order valence-corrected chi connectivity index (χ2v) is 3.56. The van der Waals surface area contributed by atoms with Gasteiger partial charge in [-0.3, -0.25) is 10.3 Å². The second-order valence-electron chi connectivity index (χ2n) is 3.56. The normalized spacial score (nSPS) is 10.6. The van der Waals surface area contributed by atoms with Crippen LogP contribution < -0.4 is 9.84 Å². The Bertz CT molecular complexity index is 616. The summed E-state index contributed by atoms with van der Waals surface area (Å²) in [5, 5.41) is 16.5. The van der Waals surface area contributed by atoms with Crippen molar-refractivity contribution in [2.24, 2.45) is 0 Å². The van der Waals surface area contributed by atoms with Crippen molar-refractivity contribution < 1.29 is 4.74 Å². The van der Waals surface area contributed by atoms with E-state index in [0.29, 0.717) is 5.82 Å². The smallest absolute Gasteiger partial charge is 0.127 e. The van der Waals surface area contributed by atoms with E-state index in [1.54, 1.807) is 0 Å². The maximum absolute atomic E-state index is 5.66. The van der Waals surface area contributed by atoms with Crippen LogP contribution in [-0.4, -0.2) is 15.5 Å². The third-order valence-corrected chi connectivity index (χ3v) is 2.47. The van der Waals surface area contributed by atoms with Gasteiger partial charge in [-0.1, -0.05) is 36.4 Å². The van der Waals surface area contributed by atoms with Crippen molar-refractivity contribution in [3.05, 3.63) is 48.3 Å². The van der Waals surface area contributed by atoms with Crippen LogP contribution in [0.15, 0.2) is 42.5 Å². The first-order valence-electron chi connectivity index (χ1n) is 5.21. The van der Waals surface area contributed by atoms with E-state index in [1.807, 2.05) is 42.5 Å². The molecule has 1 aromatic heterocycles. The van der Waals surface area contributed by atoms with Crippen LogP contribution in [0.2, 0.25) is 0 Å². The highest BCUT2D eigenvalue weighted by Crippen LogP contribution is 2.25. The minimum absolute atomic E-state index is 0.279. The first-order valence-corrected chi connectivity index (χ1v) is 5.21. The third-order valence-electron chi connectivity index (χ3n) is 2.47. The second kappa shape index (κ2) is 4.21. The van der Waals surface area contributed by atoms with Crippen molar-refractivity contribution in [3.8, 4) is 5.75 Å². The molecule has 0 aliphatic carbocycles. The van der Waals surface area contributed by atoms with Gasteiger partial charge in [0.1, 0.15) is 12.4 Å². The lowest BCUT2D eigenvalue weighted by atomic mass is 10.1. The summed E-state index contributed by atoms with van der Waals surface area (Å²) in [4.78, 5) is 0. The third kappa shape index (κ3) is 1.94. The fourth-order valence-electron chi connectivity index (χ4n) is 1.68. The van der Waals surface area contributed by atoms with Gasteiger partial charge in [-0.2, -0.15) is 5.21 Å². The van der Waals surface area contributed by atoms with Crippen LogP contribution >= 0.6 is 0 Å². The van der Waals surface area contributed by atoms with Gasteiger partial charge < -0.3 is 9.84 Å². The van der Waals surface area contributed by atoms with Gasteiger partial charge in [0.25, 0.3) is 0 Å². The van der Waals surface area contributed by atoms with Gasteiger partial charge in [-0.25, -0.2) is 0 Å². The van der Waals surface area contributed by atoms with Gasteiger partial charge >= 0.3 is 0 Å². The Kier molecular flexibility index (Phi) is 2.42. The summed E-state index contributed by atoms with van der Waals surface area (Å²) in [5.41, 5.74) is 0. The molecule has 5 heteroatoms. The number of fused-ring (bicyclic) bond motifs is 1. The summed E-state index contributed by atoms with van der Waals surface area (Å²) in [6, 6.07) is 14.0. The van der Waals surface area contributed by atoms with Crippen LogP contribution in [0.4, 0.5) is 0 Å². The zero-order chi connectivity index (χ0) is 11.5. The van der Waals surface area contributed by atoms with E-state index in [9.17, 15) is 0 Å². The molecule has 0 unspecified atom stereocenters. The molecule has 2 aromatic carbocycles. The Morgan fingerprint density at radius 2 is 1.94 bits per heavy atom. The molecular formula is C12H9N4O-. The molecule has 1 heterocycles. The Balaban J connectivity index is 1.90. The van der Waals surface area contributed by atoms with E-state index in [0.717, 1.165) is 16.5 Å². The van der Waals surface area contributed by atoms with E-state index in [2.05, 4.69) is 20.6 Å². The highest BCUT2D eigenvalue weighted by atomic mass is 16.5. The van der Waals surface area contributed by atoms with E-state index in [1.165, 1.54) is 0 Å². The molecule has 0 fully saturated rings. The van der Waals surface area contributed by atoms with Crippen LogP contribution in [0.1, 0.15) is 5.82 Å². The van der Waals surface area contributed by atoms with Gasteiger partial charge in [-0.05, 0) is 11.5 Å². The lowest BCUT2D eigenvalue weighted by molar-refractivity contribution is 0.299. The molecule has 0 N–H and O–H groups in total. The number of hydrogen-bond acceptors (Lipinski definition) is 4. The zero-order valence-corrected chi connectivity index (χ0v) is 8.95. The molecule has 0 spiro atoms. The predicted octanol–water partition coefficient (Wildman–Crippen LogP) is 1.56. The van der Waals surface area contributed by atoms with Crippen molar-refractivity contribution >= 4 is 10.8 Å². The molecule has 17 heavy (non-hydrogen) atoms. The van der Waals surface area contributed by atoms with Gasteiger partial charge in [0, 0.05) is 11.2 Å². The monoisotopic (exact) mass is 225 g/mol. The number of ether oxygens (including phenoxy) is 1. The fourth-order valence-corrected chi connectivity index (χ4v) is 1.68. The van der Waals surface area contributed by atoms with Crippen molar-refractivity contribution in [2.75, 3.05) is 0 Å². The maximum Gasteiger partial charge on any atom is 0.127 e. The summed E-state index contributed by atoms with van der Waals surface area (Å²) in [6.07, 6.45) is 0. The first-order chi connectivity index (χ1) is 8.43. The van der Waals surface area contributed by atoms with E-state index in [4.69, 9.17) is 4.74 Å².